The molecule has 3 rings (SSSR count). The fourth-order valence-corrected chi connectivity index (χ4v) is 4.53. The van der Waals surface area contributed by atoms with Crippen molar-refractivity contribution in [1.29, 1.82) is 0 Å². The third-order valence-corrected chi connectivity index (χ3v) is 6.34. The van der Waals surface area contributed by atoms with Gasteiger partial charge >= 0.3 is 0 Å². The van der Waals surface area contributed by atoms with Gasteiger partial charge in [0.05, 0.1) is 18.8 Å². The maximum Gasteiger partial charge on any atom is 0.251 e. The highest BCUT2D eigenvalue weighted by Crippen LogP contribution is 2.38. The lowest BCUT2D eigenvalue weighted by atomic mass is 9.99. The highest BCUT2D eigenvalue weighted by molar-refractivity contribution is 7.19. The molecular weight excluding hydrogens is 429 g/mol. The van der Waals surface area contributed by atoms with Crippen LogP contribution >= 0.6 is 11.3 Å². The van der Waals surface area contributed by atoms with E-state index in [1.54, 1.807) is 26.4 Å². The first-order valence-electron chi connectivity index (χ1n) is 10.3. The summed E-state index contributed by atoms with van der Waals surface area (Å²) in [6.07, 6.45) is 0.767. The Kier molecular flexibility index (Phi) is 7.95. The molecule has 2 heterocycles. The van der Waals surface area contributed by atoms with Gasteiger partial charge in [-0.3, -0.25) is 4.79 Å². The number of carbonyl (C=O) groups is 1. The smallest absolute Gasteiger partial charge is 0.251 e. The van der Waals surface area contributed by atoms with E-state index in [2.05, 4.69) is 10.3 Å². The Labute approximate surface area is 191 Å². The van der Waals surface area contributed by atoms with Crippen LogP contribution in [0.3, 0.4) is 0 Å². The minimum Gasteiger partial charge on any atom is -0.384 e. The monoisotopic (exact) mass is 457 g/mol. The Morgan fingerprint density at radius 3 is 2.62 bits per heavy atom. The first kappa shape index (κ1) is 23.8. The van der Waals surface area contributed by atoms with E-state index in [1.807, 2.05) is 32.0 Å². The summed E-state index contributed by atoms with van der Waals surface area (Å²) in [7, 11) is 3.28. The third-order valence-electron chi connectivity index (χ3n) is 5.25. The average molecular weight is 458 g/mol. The molecule has 0 radical (unpaired) electrons. The number of hydrogen-bond acceptors (Lipinski definition) is 6. The predicted molar refractivity (Wildman–Crippen MR) is 126 cm³/mol. The van der Waals surface area contributed by atoms with Crippen molar-refractivity contribution in [3.63, 3.8) is 0 Å². The number of aryl methyl sites for hydroxylation is 1. The summed E-state index contributed by atoms with van der Waals surface area (Å²) in [6.45, 7) is 5.02. The summed E-state index contributed by atoms with van der Waals surface area (Å²) in [5.41, 5.74) is 9.11. The molecule has 0 aliphatic heterocycles. The van der Waals surface area contributed by atoms with E-state index in [4.69, 9.17) is 15.2 Å². The van der Waals surface area contributed by atoms with Gasteiger partial charge in [0.1, 0.15) is 16.6 Å². The van der Waals surface area contributed by atoms with Crippen LogP contribution in [0.5, 0.6) is 0 Å². The maximum absolute atomic E-state index is 14.9. The Balaban J connectivity index is 1.89. The van der Waals surface area contributed by atoms with Crippen molar-refractivity contribution in [2.75, 3.05) is 32.8 Å². The quantitative estimate of drug-likeness (QED) is 0.445. The Morgan fingerprint density at radius 1 is 1.22 bits per heavy atom. The second-order valence-electron chi connectivity index (χ2n) is 7.62. The molecule has 0 saturated carbocycles. The van der Waals surface area contributed by atoms with Gasteiger partial charge in [-0.1, -0.05) is 25.1 Å². The topological polar surface area (TPSA) is 86.5 Å². The summed E-state index contributed by atoms with van der Waals surface area (Å²) in [5, 5.41) is 3.70. The van der Waals surface area contributed by atoms with Gasteiger partial charge in [-0.05, 0) is 42.7 Å². The number of rotatable bonds is 10. The SMILES string of the molecule is COCCc1ccc(Nc2sc(-c3ccc(C(C)COC)cc3F)cc2C(N)=O)nc1C. The summed E-state index contributed by atoms with van der Waals surface area (Å²) in [5.74, 6) is -0.282. The average Bonchev–Trinajstić information content (AvgIpc) is 3.17. The van der Waals surface area contributed by atoms with E-state index in [-0.39, 0.29) is 11.7 Å². The number of aromatic nitrogens is 1. The number of ether oxygens (including phenoxy) is 2. The lowest BCUT2D eigenvalue weighted by molar-refractivity contribution is 0.100. The Bertz CT molecular complexity index is 1100. The number of halogens is 1. The van der Waals surface area contributed by atoms with Crippen molar-refractivity contribution in [3.8, 4) is 10.4 Å². The molecule has 0 fully saturated rings. The largest absolute Gasteiger partial charge is 0.384 e. The summed E-state index contributed by atoms with van der Waals surface area (Å²) in [4.78, 5) is 17.2. The molecule has 0 saturated heterocycles. The highest BCUT2D eigenvalue weighted by Gasteiger charge is 2.18. The van der Waals surface area contributed by atoms with E-state index in [0.29, 0.717) is 40.0 Å². The van der Waals surface area contributed by atoms with Gasteiger partial charge in [-0.15, -0.1) is 11.3 Å². The molecule has 0 bridgehead atoms. The van der Waals surface area contributed by atoms with Crippen molar-refractivity contribution in [3.05, 3.63) is 64.6 Å². The minimum atomic E-state index is -0.589. The van der Waals surface area contributed by atoms with Crippen LogP contribution in [0.25, 0.3) is 10.4 Å². The summed E-state index contributed by atoms with van der Waals surface area (Å²) in [6, 6.07) is 10.6. The lowest BCUT2D eigenvalue weighted by Gasteiger charge is -2.12. The van der Waals surface area contributed by atoms with Crippen molar-refractivity contribution in [2.24, 2.45) is 5.73 Å². The number of primary amides is 1. The van der Waals surface area contributed by atoms with Crippen LogP contribution in [0.4, 0.5) is 15.2 Å². The second kappa shape index (κ2) is 10.7. The van der Waals surface area contributed by atoms with Crippen LogP contribution in [0.1, 0.15) is 40.0 Å². The van der Waals surface area contributed by atoms with Crippen LogP contribution in [0.2, 0.25) is 0 Å². The molecule has 6 nitrogen and oxygen atoms in total. The molecule has 1 amide bonds. The molecule has 2 aromatic heterocycles. The number of amides is 1. The van der Waals surface area contributed by atoms with Crippen LogP contribution in [0, 0.1) is 12.7 Å². The van der Waals surface area contributed by atoms with E-state index in [1.165, 1.54) is 17.4 Å². The van der Waals surface area contributed by atoms with Gasteiger partial charge in [0.15, 0.2) is 0 Å². The van der Waals surface area contributed by atoms with E-state index >= 15 is 0 Å². The molecule has 1 aromatic carbocycles. The third kappa shape index (κ3) is 5.51. The zero-order valence-electron chi connectivity index (χ0n) is 18.7. The number of pyridine rings is 1. The van der Waals surface area contributed by atoms with E-state index < -0.39 is 5.91 Å². The molecular formula is C24H28FN3O3S. The first-order valence-corrected chi connectivity index (χ1v) is 11.1. The van der Waals surface area contributed by atoms with Gasteiger partial charge < -0.3 is 20.5 Å². The number of nitrogens with one attached hydrogen (secondary N) is 1. The molecule has 0 aliphatic carbocycles. The lowest BCUT2D eigenvalue weighted by Crippen LogP contribution is -2.11. The molecule has 170 valence electrons. The number of hydrogen-bond donors (Lipinski definition) is 2. The van der Waals surface area contributed by atoms with Crippen LogP contribution < -0.4 is 11.1 Å². The van der Waals surface area contributed by atoms with E-state index in [0.717, 1.165) is 23.2 Å². The highest BCUT2D eigenvalue weighted by atomic mass is 32.1. The van der Waals surface area contributed by atoms with Gasteiger partial charge in [-0.25, -0.2) is 9.37 Å². The van der Waals surface area contributed by atoms with Crippen molar-refractivity contribution in [2.45, 2.75) is 26.2 Å². The van der Waals surface area contributed by atoms with Crippen LogP contribution in [-0.2, 0) is 15.9 Å². The molecule has 1 atom stereocenters. The molecule has 8 heteroatoms. The first-order chi connectivity index (χ1) is 15.3. The van der Waals surface area contributed by atoms with Gasteiger partial charge in [0.25, 0.3) is 5.91 Å². The number of nitrogens with two attached hydrogens (primary N) is 1. The van der Waals surface area contributed by atoms with E-state index in [9.17, 15) is 9.18 Å². The number of carbonyl (C=O) groups excluding carboxylic acids is 1. The van der Waals surface area contributed by atoms with Crippen LogP contribution in [0.15, 0.2) is 36.4 Å². The zero-order chi connectivity index (χ0) is 23.3. The minimum absolute atomic E-state index is 0.0754. The number of methoxy groups -OCH3 is 2. The van der Waals surface area contributed by atoms with Gasteiger partial charge in [0.2, 0.25) is 0 Å². The normalized spacial score (nSPS) is 12.0. The zero-order valence-corrected chi connectivity index (χ0v) is 19.5. The Hall–Kier alpha value is -2.81. The second-order valence-corrected chi connectivity index (χ2v) is 8.67. The molecule has 0 aliphatic rings. The summed E-state index contributed by atoms with van der Waals surface area (Å²) >= 11 is 1.26. The molecule has 0 spiro atoms. The van der Waals surface area contributed by atoms with Crippen LogP contribution in [-0.4, -0.2) is 38.3 Å². The molecule has 3 N–H and O–H groups in total. The predicted octanol–water partition coefficient (Wildman–Crippen LogP) is 5.04. The van der Waals surface area contributed by atoms with Crippen molar-refractivity contribution in [1.82, 2.24) is 4.98 Å². The van der Waals surface area contributed by atoms with Gasteiger partial charge in [0, 0.05) is 36.3 Å². The van der Waals surface area contributed by atoms with Gasteiger partial charge in [-0.2, -0.15) is 0 Å². The standard InChI is InChI=1S/C24H28FN3O3S/c1-14(13-31-4)17-5-7-18(20(25)11-17)21-12-19(23(26)29)24(32-21)28-22-8-6-16(9-10-30-3)15(2)27-22/h5-8,11-12,14H,9-10,13H2,1-4H3,(H2,26,29)(H,27,28). The number of anilines is 2. The molecule has 3 aromatic rings. The number of nitrogens with zero attached hydrogens (tertiary/aromatic N) is 1. The van der Waals surface area contributed by atoms with Crippen molar-refractivity contribution >= 4 is 28.1 Å². The maximum atomic E-state index is 14.9. The number of benzene rings is 1. The fraction of sp³-hybridized carbons (Fsp3) is 0.333. The number of thiophene rings is 1. The van der Waals surface area contributed by atoms with Crippen molar-refractivity contribution < 1.29 is 18.7 Å². The molecule has 32 heavy (non-hydrogen) atoms. The Morgan fingerprint density at radius 2 is 2.00 bits per heavy atom. The molecule has 1 unspecified atom stereocenters. The fourth-order valence-electron chi connectivity index (χ4n) is 3.44. The summed E-state index contributed by atoms with van der Waals surface area (Å²) < 4.78 is 25.2.